The van der Waals surface area contributed by atoms with E-state index in [2.05, 4.69) is 25.9 Å². The van der Waals surface area contributed by atoms with Crippen LogP contribution in [-0.2, 0) is 17.9 Å². The smallest absolute Gasteiger partial charge is 0.270 e. The number of nitrogens with zero attached hydrogens (tertiary/aromatic N) is 4. The highest BCUT2D eigenvalue weighted by Crippen LogP contribution is 2.32. The lowest BCUT2D eigenvalue weighted by Gasteiger charge is -2.08. The number of rotatable bonds is 7. The van der Waals surface area contributed by atoms with E-state index in [1.54, 1.807) is 6.20 Å². The third kappa shape index (κ3) is 4.97. The van der Waals surface area contributed by atoms with Gasteiger partial charge in [0.2, 0.25) is 5.91 Å². The maximum Gasteiger partial charge on any atom is 0.270 e. The van der Waals surface area contributed by atoms with E-state index in [0.29, 0.717) is 17.1 Å². The molecular formula is C30H25N7O2. The van der Waals surface area contributed by atoms with Crippen molar-refractivity contribution in [2.45, 2.75) is 20.0 Å². The molecule has 3 heterocycles. The summed E-state index contributed by atoms with van der Waals surface area (Å²) in [6.07, 6.45) is 1.64. The molecule has 0 spiro atoms. The van der Waals surface area contributed by atoms with Crippen molar-refractivity contribution < 1.29 is 9.59 Å². The second-order valence-corrected chi connectivity index (χ2v) is 9.27. The van der Waals surface area contributed by atoms with E-state index in [9.17, 15) is 9.59 Å². The summed E-state index contributed by atoms with van der Waals surface area (Å²) in [6.45, 7) is 2.08. The number of H-pyrrole nitrogens is 1. The lowest BCUT2D eigenvalue weighted by molar-refractivity contribution is -0.116. The van der Waals surface area contributed by atoms with Crippen molar-refractivity contribution in [3.8, 4) is 11.3 Å². The molecule has 3 aromatic carbocycles. The summed E-state index contributed by atoms with van der Waals surface area (Å²) >= 11 is 0. The third-order valence-electron chi connectivity index (χ3n) is 6.52. The number of benzene rings is 3. The van der Waals surface area contributed by atoms with Crippen LogP contribution in [0.15, 0.2) is 91.1 Å². The number of aromatic amines is 1. The molecule has 3 N–H and O–H groups in total. The molecule has 0 fully saturated rings. The maximum absolute atomic E-state index is 13.2. The van der Waals surface area contributed by atoms with Gasteiger partial charge in [0.15, 0.2) is 0 Å². The van der Waals surface area contributed by atoms with E-state index >= 15 is 0 Å². The molecule has 6 aromatic rings. The first-order chi connectivity index (χ1) is 19.0. The fraction of sp³-hybridized carbons (Fsp3) is 0.100. The van der Waals surface area contributed by atoms with Crippen LogP contribution in [-0.4, -0.2) is 36.8 Å². The molecule has 0 radical (unpaired) electrons. The fourth-order valence-corrected chi connectivity index (χ4v) is 4.58. The number of nitrogens with one attached hydrogen (secondary N) is 3. The van der Waals surface area contributed by atoms with Crippen molar-refractivity contribution >= 4 is 39.3 Å². The van der Waals surface area contributed by atoms with Gasteiger partial charge in [0, 0.05) is 27.5 Å². The van der Waals surface area contributed by atoms with Crippen LogP contribution < -0.4 is 10.6 Å². The molecule has 3 aromatic heterocycles. The molecule has 0 aliphatic heterocycles. The van der Waals surface area contributed by atoms with Crippen LogP contribution in [0.2, 0.25) is 0 Å². The normalized spacial score (nSPS) is 11.1. The molecule has 39 heavy (non-hydrogen) atoms. The number of carbonyl (C=O) groups is 2. The highest BCUT2D eigenvalue weighted by molar-refractivity contribution is 6.13. The molecule has 2 amide bonds. The van der Waals surface area contributed by atoms with Crippen molar-refractivity contribution in [1.82, 2.24) is 30.3 Å². The summed E-state index contributed by atoms with van der Waals surface area (Å²) in [5.41, 5.74) is 6.04. The summed E-state index contributed by atoms with van der Waals surface area (Å²) in [5, 5.41) is 15.8. The summed E-state index contributed by atoms with van der Waals surface area (Å²) in [7, 11) is 0. The molecule has 0 atom stereocenters. The Morgan fingerprint density at radius 2 is 1.69 bits per heavy atom. The van der Waals surface area contributed by atoms with Crippen molar-refractivity contribution in [3.05, 3.63) is 108 Å². The van der Waals surface area contributed by atoms with Gasteiger partial charge in [0.1, 0.15) is 17.9 Å². The minimum absolute atomic E-state index is 0.00844. The molecule has 9 nitrogen and oxygen atoms in total. The largest absolute Gasteiger partial charge is 0.353 e. The molecule has 192 valence electrons. The van der Waals surface area contributed by atoms with E-state index in [1.807, 2.05) is 91.9 Å². The molecule has 0 saturated carbocycles. The van der Waals surface area contributed by atoms with Crippen molar-refractivity contribution in [1.29, 1.82) is 0 Å². The lowest BCUT2D eigenvalue weighted by Crippen LogP contribution is -2.24. The first-order valence-electron chi connectivity index (χ1n) is 12.5. The minimum atomic E-state index is -0.328. The zero-order valence-electron chi connectivity index (χ0n) is 21.2. The fourth-order valence-electron chi connectivity index (χ4n) is 4.58. The maximum atomic E-state index is 13.2. The summed E-state index contributed by atoms with van der Waals surface area (Å²) in [5.74, 6) is -0.541. The van der Waals surface area contributed by atoms with Crippen LogP contribution in [0.25, 0.3) is 33.1 Å². The summed E-state index contributed by atoms with van der Waals surface area (Å²) in [4.78, 5) is 33.9. The number of amides is 2. The SMILES string of the molecule is Cc1ccccc1NC(=O)Cn1cc(CNC(=O)c2cc3c([nH]c4ccccc43)c(-c3ccccc3)n2)nn1. The first-order valence-corrected chi connectivity index (χ1v) is 12.5. The van der Waals surface area contributed by atoms with Gasteiger partial charge >= 0.3 is 0 Å². The lowest BCUT2D eigenvalue weighted by atomic mass is 10.1. The van der Waals surface area contributed by atoms with Crippen molar-refractivity contribution in [2.75, 3.05) is 5.32 Å². The Bertz CT molecular complexity index is 1820. The topological polar surface area (TPSA) is 118 Å². The highest BCUT2D eigenvalue weighted by Gasteiger charge is 2.17. The van der Waals surface area contributed by atoms with E-state index < -0.39 is 0 Å². The highest BCUT2D eigenvalue weighted by atomic mass is 16.2. The van der Waals surface area contributed by atoms with Gasteiger partial charge in [-0.2, -0.15) is 0 Å². The zero-order chi connectivity index (χ0) is 26.8. The number of para-hydroxylation sites is 2. The molecule has 0 bridgehead atoms. The van der Waals surface area contributed by atoms with Gasteiger partial charge in [-0.25, -0.2) is 9.67 Å². The minimum Gasteiger partial charge on any atom is -0.353 e. The average molecular weight is 516 g/mol. The molecule has 9 heteroatoms. The predicted octanol–water partition coefficient (Wildman–Crippen LogP) is 4.85. The summed E-state index contributed by atoms with van der Waals surface area (Å²) < 4.78 is 1.44. The van der Waals surface area contributed by atoms with Crippen molar-refractivity contribution in [2.24, 2.45) is 0 Å². The average Bonchev–Trinajstić information content (AvgIpc) is 3.57. The Morgan fingerprint density at radius 3 is 2.54 bits per heavy atom. The Kier molecular flexibility index (Phi) is 6.30. The number of pyridine rings is 1. The quantitative estimate of drug-likeness (QED) is 0.281. The molecule has 0 aliphatic rings. The summed E-state index contributed by atoms with van der Waals surface area (Å²) in [6, 6.07) is 27.1. The standard InChI is InChI=1S/C30H25N7O2/c1-19-9-5-7-13-24(19)32-27(38)18-37-17-21(35-36-37)16-31-30(39)26-15-23-22-12-6-8-14-25(22)33-29(23)28(34-26)20-10-3-2-4-11-20/h2-15,17,33H,16,18H2,1H3,(H,31,39)(H,32,38). The number of aryl methyl sites for hydroxylation is 1. The van der Waals surface area contributed by atoms with Crippen molar-refractivity contribution in [3.63, 3.8) is 0 Å². The predicted molar refractivity (Wildman–Crippen MR) is 150 cm³/mol. The number of aromatic nitrogens is 5. The van der Waals surface area contributed by atoms with Gasteiger partial charge in [-0.1, -0.05) is 71.9 Å². The Hall–Kier alpha value is -5.31. The van der Waals surface area contributed by atoms with E-state index in [4.69, 9.17) is 4.98 Å². The molecule has 0 saturated heterocycles. The number of anilines is 1. The van der Waals surface area contributed by atoms with Gasteiger partial charge in [-0.3, -0.25) is 9.59 Å². The molecule has 6 rings (SSSR count). The first kappa shape index (κ1) is 24.1. The van der Waals surface area contributed by atoms with Gasteiger partial charge in [0.05, 0.1) is 24.0 Å². The van der Waals surface area contributed by atoms with Gasteiger partial charge < -0.3 is 15.6 Å². The second-order valence-electron chi connectivity index (χ2n) is 9.27. The van der Waals surface area contributed by atoms with E-state index in [0.717, 1.165) is 38.6 Å². The monoisotopic (exact) mass is 515 g/mol. The van der Waals surface area contributed by atoms with E-state index in [-0.39, 0.29) is 24.9 Å². The second kappa shape index (κ2) is 10.2. The Balaban J connectivity index is 1.19. The number of hydrogen-bond acceptors (Lipinski definition) is 5. The third-order valence-corrected chi connectivity index (χ3v) is 6.52. The van der Waals surface area contributed by atoms with E-state index in [1.165, 1.54) is 4.68 Å². The molecular weight excluding hydrogens is 490 g/mol. The van der Waals surface area contributed by atoms with Gasteiger partial charge in [-0.05, 0) is 30.7 Å². The number of fused-ring (bicyclic) bond motifs is 3. The van der Waals surface area contributed by atoms with Crippen LogP contribution in [0.5, 0.6) is 0 Å². The van der Waals surface area contributed by atoms with Gasteiger partial charge in [0.25, 0.3) is 5.91 Å². The Morgan fingerprint density at radius 1 is 0.923 bits per heavy atom. The van der Waals surface area contributed by atoms with Crippen LogP contribution in [0.3, 0.4) is 0 Å². The zero-order valence-corrected chi connectivity index (χ0v) is 21.2. The van der Waals surface area contributed by atoms with Gasteiger partial charge in [-0.15, -0.1) is 5.10 Å². The van der Waals surface area contributed by atoms with Crippen LogP contribution in [0.1, 0.15) is 21.7 Å². The number of carbonyl (C=O) groups excluding carboxylic acids is 2. The number of hydrogen-bond donors (Lipinski definition) is 3. The van der Waals surface area contributed by atoms with Crippen LogP contribution >= 0.6 is 0 Å². The Labute approximate surface area is 223 Å². The molecule has 0 aliphatic carbocycles. The van der Waals surface area contributed by atoms with Crippen LogP contribution in [0, 0.1) is 6.92 Å². The molecule has 0 unspecified atom stereocenters. The van der Waals surface area contributed by atoms with Crippen LogP contribution in [0.4, 0.5) is 5.69 Å².